The Morgan fingerprint density at radius 3 is 2.51 bits per heavy atom. The number of allylic oxidation sites excluding steroid dienone is 3. The molecule has 3 aliphatic rings. The highest BCUT2D eigenvalue weighted by molar-refractivity contribution is 6.10. The van der Waals surface area contributed by atoms with Crippen LogP contribution in [0.4, 0.5) is 0 Å². The van der Waals surface area contributed by atoms with E-state index in [9.17, 15) is 19.8 Å². The van der Waals surface area contributed by atoms with Gasteiger partial charge in [-0.3, -0.25) is 9.59 Å². The fourth-order valence-electron chi connectivity index (χ4n) is 6.65. The van der Waals surface area contributed by atoms with Crippen LogP contribution < -0.4 is 9.47 Å². The summed E-state index contributed by atoms with van der Waals surface area (Å²) in [6, 6.07) is 18.2. The number of phenolic OH excluding ortho intramolecular Hbond substituents is 2. The number of ketones is 2. The molecule has 0 saturated heterocycles. The van der Waals surface area contributed by atoms with Gasteiger partial charge in [0.25, 0.3) is 0 Å². The molecule has 0 amide bonds. The molecule has 3 unspecified atom stereocenters. The Bertz CT molecular complexity index is 1520. The summed E-state index contributed by atoms with van der Waals surface area (Å²) < 4.78 is 10.2. The molecule has 0 aromatic heterocycles. The van der Waals surface area contributed by atoms with Crippen molar-refractivity contribution in [3.05, 3.63) is 101 Å². The molecule has 212 valence electrons. The van der Waals surface area contributed by atoms with Crippen molar-refractivity contribution in [2.75, 3.05) is 14.2 Å². The van der Waals surface area contributed by atoms with Gasteiger partial charge in [0.1, 0.15) is 34.3 Å². The maximum absolute atomic E-state index is 12.3. The summed E-state index contributed by atoms with van der Waals surface area (Å²) in [5.41, 5.74) is 5.05. The molecule has 0 radical (unpaired) electrons. The predicted molar refractivity (Wildman–Crippen MR) is 159 cm³/mol. The molecule has 0 heterocycles. The average molecular weight is 553 g/mol. The van der Waals surface area contributed by atoms with Gasteiger partial charge in [0, 0.05) is 29.9 Å². The first kappa shape index (κ1) is 28.2. The van der Waals surface area contributed by atoms with E-state index >= 15 is 0 Å². The van der Waals surface area contributed by atoms with Crippen LogP contribution in [-0.2, 0) is 11.2 Å². The van der Waals surface area contributed by atoms with Crippen LogP contribution in [0.1, 0.15) is 65.6 Å². The first-order valence-electron chi connectivity index (χ1n) is 14.0. The molecule has 0 bridgehead atoms. The van der Waals surface area contributed by atoms with E-state index in [2.05, 4.69) is 19.1 Å². The molecule has 6 rings (SSSR count). The highest BCUT2D eigenvalue weighted by atomic mass is 16.5. The Morgan fingerprint density at radius 2 is 1.78 bits per heavy atom. The zero-order chi connectivity index (χ0) is 29.1. The van der Waals surface area contributed by atoms with Gasteiger partial charge in [-0.05, 0) is 66.5 Å². The fraction of sp³-hybridized carbons (Fsp3) is 0.314. The molecule has 0 spiro atoms. The number of Topliss-reactive ketones (excluding diaryl/α,β-unsaturated/α-hetero) is 1. The Balaban J connectivity index is 0.000000165. The monoisotopic (exact) mass is 552 g/mol. The number of carbonyl (C=O) groups is 2. The van der Waals surface area contributed by atoms with Gasteiger partial charge >= 0.3 is 0 Å². The van der Waals surface area contributed by atoms with Crippen molar-refractivity contribution in [2.45, 2.75) is 44.9 Å². The van der Waals surface area contributed by atoms with Gasteiger partial charge in [0.2, 0.25) is 0 Å². The minimum atomic E-state index is -0.337. The number of hydrogen-bond acceptors (Lipinski definition) is 6. The number of fused-ring (bicyclic) bond motifs is 5. The van der Waals surface area contributed by atoms with Crippen molar-refractivity contribution in [3.63, 3.8) is 0 Å². The van der Waals surface area contributed by atoms with Crippen molar-refractivity contribution in [3.8, 4) is 23.0 Å². The summed E-state index contributed by atoms with van der Waals surface area (Å²) in [5, 5.41) is 19.6. The maximum atomic E-state index is 12.3. The van der Waals surface area contributed by atoms with Crippen LogP contribution >= 0.6 is 0 Å². The van der Waals surface area contributed by atoms with Crippen LogP contribution in [0.5, 0.6) is 23.0 Å². The van der Waals surface area contributed by atoms with Crippen LogP contribution in [0, 0.1) is 11.3 Å². The minimum Gasteiger partial charge on any atom is -0.508 e. The normalized spacial score (nSPS) is 22.5. The third-order valence-corrected chi connectivity index (χ3v) is 8.87. The molecule has 41 heavy (non-hydrogen) atoms. The van der Waals surface area contributed by atoms with Crippen LogP contribution in [0.3, 0.4) is 0 Å². The van der Waals surface area contributed by atoms with Crippen molar-refractivity contribution < 1.29 is 29.3 Å². The van der Waals surface area contributed by atoms with Crippen molar-refractivity contribution >= 4 is 17.6 Å². The van der Waals surface area contributed by atoms with E-state index in [1.807, 2.05) is 36.4 Å². The summed E-state index contributed by atoms with van der Waals surface area (Å²) in [7, 11) is 2.91. The topological polar surface area (TPSA) is 93.1 Å². The average Bonchev–Trinajstić information content (AvgIpc) is 3.29. The first-order valence-corrected chi connectivity index (χ1v) is 14.0. The molecular formula is C35H36O6. The molecule has 3 aromatic rings. The number of hydrogen-bond donors (Lipinski definition) is 2. The molecule has 2 saturated carbocycles. The minimum absolute atomic E-state index is 0.100. The highest BCUT2D eigenvalue weighted by Gasteiger charge is 2.52. The molecule has 3 atom stereocenters. The first-order chi connectivity index (χ1) is 19.7. The van der Waals surface area contributed by atoms with E-state index in [4.69, 9.17) is 9.47 Å². The lowest BCUT2D eigenvalue weighted by Crippen LogP contribution is -2.37. The van der Waals surface area contributed by atoms with E-state index in [-0.39, 0.29) is 28.3 Å². The molecule has 2 fully saturated rings. The lowest BCUT2D eigenvalue weighted by Gasteiger charge is -2.43. The lowest BCUT2D eigenvalue weighted by molar-refractivity contribution is -0.126. The van der Waals surface area contributed by atoms with E-state index < -0.39 is 0 Å². The quantitative estimate of drug-likeness (QED) is 0.200. The second-order valence-electron chi connectivity index (χ2n) is 11.1. The van der Waals surface area contributed by atoms with Gasteiger partial charge in [0.15, 0.2) is 5.78 Å². The predicted octanol–water partition coefficient (Wildman–Crippen LogP) is 7.04. The zero-order valence-electron chi connectivity index (χ0n) is 23.7. The molecule has 6 nitrogen and oxygen atoms in total. The lowest BCUT2D eigenvalue weighted by atomic mass is 9.60. The number of ether oxygens (including phenoxy) is 2. The standard InChI is InChI=1S/C18H20O2.C17H16O4/c1-18-9-8-14-13-5-3-12(19)10-11(13)2-4-15(14)16(18)6-7-17(18)20;1-20-13-10-15(19)17(16(11-13)21-2)14(18)9-8-12-6-4-3-5-7-12/h3-5,10,14,16,19H,2,6-9H2,1H3;3-11,19H,1-2H3. The SMILES string of the molecule is CC12CCC3C(=CCc4cc(O)ccc43)C1CCC2=O.COc1cc(O)c(C(=O)C=Cc2ccccc2)c(OC)c1. The Hall–Kier alpha value is -4.32. The van der Waals surface area contributed by atoms with Crippen LogP contribution in [-0.4, -0.2) is 36.0 Å². The number of benzene rings is 3. The van der Waals surface area contributed by atoms with Crippen molar-refractivity contribution in [1.82, 2.24) is 0 Å². The smallest absolute Gasteiger partial charge is 0.193 e. The van der Waals surface area contributed by atoms with Crippen LogP contribution in [0.25, 0.3) is 6.08 Å². The van der Waals surface area contributed by atoms with Gasteiger partial charge in [-0.2, -0.15) is 0 Å². The van der Waals surface area contributed by atoms with Crippen LogP contribution in [0.2, 0.25) is 0 Å². The zero-order valence-corrected chi connectivity index (χ0v) is 23.7. The van der Waals surface area contributed by atoms with Gasteiger partial charge in [0.05, 0.1) is 14.2 Å². The molecule has 3 aliphatic carbocycles. The van der Waals surface area contributed by atoms with Crippen LogP contribution in [0.15, 0.2) is 78.4 Å². The summed E-state index contributed by atoms with van der Waals surface area (Å²) in [5.74, 6) is 1.95. The highest BCUT2D eigenvalue weighted by Crippen LogP contribution is 2.57. The Morgan fingerprint density at radius 1 is 1.00 bits per heavy atom. The van der Waals surface area contributed by atoms with E-state index in [0.29, 0.717) is 29.1 Å². The molecule has 3 aromatic carbocycles. The molecule has 6 heteroatoms. The Labute approximate surface area is 240 Å². The fourth-order valence-corrected chi connectivity index (χ4v) is 6.65. The maximum Gasteiger partial charge on any atom is 0.193 e. The van der Waals surface area contributed by atoms with Gasteiger partial charge in [-0.1, -0.05) is 61.0 Å². The molecule has 2 N–H and O–H groups in total. The summed E-state index contributed by atoms with van der Waals surface area (Å²) in [4.78, 5) is 24.5. The largest absolute Gasteiger partial charge is 0.508 e. The second kappa shape index (κ2) is 11.7. The summed E-state index contributed by atoms with van der Waals surface area (Å²) >= 11 is 0. The Kier molecular flexibility index (Phi) is 8.02. The number of aromatic hydroxyl groups is 2. The van der Waals surface area contributed by atoms with Crippen molar-refractivity contribution in [1.29, 1.82) is 0 Å². The number of carbonyl (C=O) groups excluding carboxylic acids is 2. The van der Waals surface area contributed by atoms with Gasteiger partial charge < -0.3 is 19.7 Å². The summed E-state index contributed by atoms with van der Waals surface area (Å²) in [6.45, 7) is 2.18. The number of rotatable bonds is 5. The summed E-state index contributed by atoms with van der Waals surface area (Å²) in [6.07, 6.45) is 10.2. The van der Waals surface area contributed by atoms with E-state index in [1.165, 1.54) is 43.1 Å². The number of methoxy groups -OCH3 is 2. The van der Waals surface area contributed by atoms with E-state index in [0.717, 1.165) is 37.7 Å². The third-order valence-electron chi connectivity index (χ3n) is 8.87. The molecule has 0 aliphatic heterocycles. The third kappa shape index (κ3) is 5.51. The van der Waals surface area contributed by atoms with Gasteiger partial charge in [-0.15, -0.1) is 0 Å². The van der Waals surface area contributed by atoms with E-state index in [1.54, 1.807) is 18.2 Å². The molecular weight excluding hydrogens is 516 g/mol. The van der Waals surface area contributed by atoms with Crippen molar-refractivity contribution in [2.24, 2.45) is 11.3 Å². The van der Waals surface area contributed by atoms with Gasteiger partial charge in [-0.25, -0.2) is 0 Å². The number of phenols is 2. The second-order valence-corrected chi connectivity index (χ2v) is 11.1.